The van der Waals surface area contributed by atoms with Crippen LogP contribution in [0.25, 0.3) is 10.9 Å². The number of carbonyl (C=O) groups excluding carboxylic acids is 1. The Hall–Kier alpha value is -3.37. The van der Waals surface area contributed by atoms with Crippen LogP contribution in [0.1, 0.15) is 59.9 Å². The third kappa shape index (κ3) is 5.53. The van der Waals surface area contributed by atoms with Crippen molar-refractivity contribution >= 4 is 22.5 Å². The van der Waals surface area contributed by atoms with E-state index in [1.54, 1.807) is 12.1 Å². The molecule has 2 aliphatic heterocycles. The molecule has 0 bridgehead atoms. The molecule has 0 spiro atoms. The highest BCUT2D eigenvalue weighted by molar-refractivity contribution is 5.92. The first-order valence-corrected chi connectivity index (χ1v) is 14.0. The van der Waals surface area contributed by atoms with Crippen LogP contribution in [0.15, 0.2) is 35.1 Å². The van der Waals surface area contributed by atoms with E-state index in [-0.39, 0.29) is 29.1 Å². The Morgan fingerprint density at radius 1 is 1.05 bits per heavy atom. The lowest BCUT2D eigenvalue weighted by atomic mass is 10.1. The normalized spacial score (nSPS) is 22.9. The number of aryl methyl sites for hydroxylation is 1. The number of pyridine rings is 1. The number of fused-ring (bicyclic) bond motifs is 1. The minimum Gasteiger partial charge on any atom is -0.381 e. The van der Waals surface area contributed by atoms with Crippen molar-refractivity contribution in [3.8, 4) is 0 Å². The summed E-state index contributed by atoms with van der Waals surface area (Å²) in [6.45, 7) is 6.25. The number of H-pyrrole nitrogens is 1. The number of amides is 1. The molecule has 3 fully saturated rings. The molecule has 206 valence electrons. The van der Waals surface area contributed by atoms with Crippen molar-refractivity contribution in [2.75, 3.05) is 44.3 Å². The Bertz CT molecular complexity index is 1410. The summed E-state index contributed by atoms with van der Waals surface area (Å²) >= 11 is 0. The van der Waals surface area contributed by atoms with Gasteiger partial charge in [-0.15, -0.1) is 0 Å². The summed E-state index contributed by atoms with van der Waals surface area (Å²) in [5, 5.41) is 3.57. The van der Waals surface area contributed by atoms with Crippen LogP contribution < -0.4 is 15.8 Å². The number of aromatic nitrogens is 3. The first kappa shape index (κ1) is 25.9. The number of nitrogens with zero attached hydrogens (tertiary/aromatic N) is 4. The van der Waals surface area contributed by atoms with Crippen molar-refractivity contribution in [2.45, 2.75) is 57.0 Å². The van der Waals surface area contributed by atoms with Crippen LogP contribution in [0.5, 0.6) is 0 Å². The molecule has 2 atom stereocenters. The predicted octanol–water partition coefficient (Wildman–Crippen LogP) is 3.13. The van der Waals surface area contributed by atoms with Crippen LogP contribution in [0, 0.1) is 12.9 Å². The molecule has 0 radical (unpaired) electrons. The molecule has 6 rings (SSSR count). The molecule has 2 saturated heterocycles. The van der Waals surface area contributed by atoms with Gasteiger partial charge in [-0.25, -0.2) is 9.97 Å². The SMILES string of the molecule is Cc1ccc2nc([C@@H]3CC[C@H](N4CCN(c5ccc(C(=O)NC6CCOCC6)nc5F)CC4)C3)[nH]c(=O)c2c1. The Morgan fingerprint density at radius 2 is 1.85 bits per heavy atom. The molecule has 9 nitrogen and oxygen atoms in total. The number of carbonyl (C=O) groups is 1. The van der Waals surface area contributed by atoms with Gasteiger partial charge < -0.3 is 19.9 Å². The summed E-state index contributed by atoms with van der Waals surface area (Å²) in [5.74, 6) is 0.0651. The Balaban J connectivity index is 1.05. The fourth-order valence-corrected chi connectivity index (χ4v) is 6.22. The van der Waals surface area contributed by atoms with Gasteiger partial charge in [-0.05, 0) is 63.3 Å². The zero-order chi connectivity index (χ0) is 26.9. The van der Waals surface area contributed by atoms with Gasteiger partial charge in [0.25, 0.3) is 11.5 Å². The summed E-state index contributed by atoms with van der Waals surface area (Å²) in [5.41, 5.74) is 2.27. The number of anilines is 1. The van der Waals surface area contributed by atoms with Gasteiger partial charge in [0.05, 0.1) is 16.6 Å². The molecule has 2 N–H and O–H groups in total. The number of hydrogen-bond donors (Lipinski definition) is 2. The number of nitrogens with one attached hydrogen (secondary N) is 2. The van der Waals surface area contributed by atoms with Gasteiger partial charge in [0, 0.05) is 57.4 Å². The third-order valence-corrected chi connectivity index (χ3v) is 8.46. The molecule has 0 unspecified atom stereocenters. The lowest BCUT2D eigenvalue weighted by Gasteiger charge is -2.39. The van der Waals surface area contributed by atoms with E-state index in [4.69, 9.17) is 9.72 Å². The minimum atomic E-state index is -0.606. The Kier molecular flexibility index (Phi) is 7.31. The Morgan fingerprint density at radius 3 is 2.62 bits per heavy atom. The minimum absolute atomic E-state index is 0.0422. The molecule has 2 aromatic heterocycles. The second-order valence-corrected chi connectivity index (χ2v) is 11.0. The molecule has 1 amide bonds. The zero-order valence-electron chi connectivity index (χ0n) is 22.3. The number of halogens is 1. The van der Waals surface area contributed by atoms with Crippen LogP contribution in [0.2, 0.25) is 0 Å². The number of hydrogen-bond acceptors (Lipinski definition) is 7. The van der Waals surface area contributed by atoms with Crippen molar-refractivity contribution in [3.05, 3.63) is 63.7 Å². The van der Waals surface area contributed by atoms with Crippen molar-refractivity contribution in [3.63, 3.8) is 0 Å². The molecule has 39 heavy (non-hydrogen) atoms. The van der Waals surface area contributed by atoms with E-state index < -0.39 is 5.95 Å². The highest BCUT2D eigenvalue weighted by Gasteiger charge is 2.33. The van der Waals surface area contributed by atoms with E-state index in [2.05, 4.69) is 20.2 Å². The molecule has 1 aromatic carbocycles. The van der Waals surface area contributed by atoms with Gasteiger partial charge in [0.1, 0.15) is 11.5 Å². The molecule has 4 heterocycles. The van der Waals surface area contributed by atoms with Gasteiger partial charge in [-0.2, -0.15) is 4.39 Å². The van der Waals surface area contributed by atoms with Gasteiger partial charge in [0.2, 0.25) is 5.95 Å². The van der Waals surface area contributed by atoms with Gasteiger partial charge in [0.15, 0.2) is 0 Å². The summed E-state index contributed by atoms with van der Waals surface area (Å²) in [6.07, 6.45) is 4.50. The smallest absolute Gasteiger partial charge is 0.270 e. The first-order chi connectivity index (χ1) is 18.9. The third-order valence-electron chi connectivity index (χ3n) is 8.46. The number of ether oxygens (including phenoxy) is 1. The maximum atomic E-state index is 15.0. The average molecular weight is 535 g/mol. The maximum Gasteiger partial charge on any atom is 0.270 e. The van der Waals surface area contributed by atoms with Crippen molar-refractivity contribution in [1.29, 1.82) is 0 Å². The largest absolute Gasteiger partial charge is 0.381 e. The van der Waals surface area contributed by atoms with E-state index in [0.717, 1.165) is 62.1 Å². The van der Waals surface area contributed by atoms with Gasteiger partial charge in [-0.1, -0.05) is 11.6 Å². The topological polar surface area (TPSA) is 103 Å². The van der Waals surface area contributed by atoms with Crippen LogP contribution in [-0.2, 0) is 4.74 Å². The number of piperazine rings is 1. The quantitative estimate of drug-likeness (QED) is 0.485. The summed E-state index contributed by atoms with van der Waals surface area (Å²) in [4.78, 5) is 41.5. The molecule has 3 aromatic rings. The molecule has 10 heteroatoms. The van der Waals surface area contributed by atoms with E-state index >= 15 is 0 Å². The Labute approximate surface area is 226 Å². The average Bonchev–Trinajstić information content (AvgIpc) is 3.44. The summed E-state index contributed by atoms with van der Waals surface area (Å²) in [6, 6.07) is 9.54. The molecule has 1 saturated carbocycles. The van der Waals surface area contributed by atoms with E-state index in [1.165, 1.54) is 0 Å². The molecular weight excluding hydrogens is 499 g/mol. The number of aromatic amines is 1. The molecule has 1 aliphatic carbocycles. The van der Waals surface area contributed by atoms with Crippen molar-refractivity contribution in [2.24, 2.45) is 0 Å². The van der Waals surface area contributed by atoms with E-state index in [0.29, 0.717) is 43.4 Å². The highest BCUT2D eigenvalue weighted by Crippen LogP contribution is 2.36. The lowest BCUT2D eigenvalue weighted by Crippen LogP contribution is -2.50. The predicted molar refractivity (Wildman–Crippen MR) is 147 cm³/mol. The van der Waals surface area contributed by atoms with Crippen LogP contribution in [-0.4, -0.2) is 77.2 Å². The highest BCUT2D eigenvalue weighted by atomic mass is 19.1. The lowest BCUT2D eigenvalue weighted by molar-refractivity contribution is 0.0693. The van der Waals surface area contributed by atoms with Crippen molar-refractivity contribution < 1.29 is 13.9 Å². The first-order valence-electron chi connectivity index (χ1n) is 14.0. The fraction of sp³-hybridized carbons (Fsp3) is 0.517. The summed E-state index contributed by atoms with van der Waals surface area (Å²) < 4.78 is 20.3. The van der Waals surface area contributed by atoms with Gasteiger partial charge >= 0.3 is 0 Å². The summed E-state index contributed by atoms with van der Waals surface area (Å²) in [7, 11) is 0. The van der Waals surface area contributed by atoms with Crippen molar-refractivity contribution in [1.82, 2.24) is 25.2 Å². The van der Waals surface area contributed by atoms with Crippen LogP contribution in [0.3, 0.4) is 0 Å². The van der Waals surface area contributed by atoms with Crippen LogP contribution >= 0.6 is 0 Å². The maximum absolute atomic E-state index is 15.0. The van der Waals surface area contributed by atoms with Crippen LogP contribution in [0.4, 0.5) is 10.1 Å². The molecule has 3 aliphatic rings. The van der Waals surface area contributed by atoms with E-state index in [9.17, 15) is 14.0 Å². The standard InChI is InChI=1S/C29H35FN6O3/c1-18-2-5-23-22(16-18)28(37)34-27(33-23)19-3-4-21(17-19)35-10-12-36(13-11-35)25-7-6-24(32-26(25)30)29(38)31-20-8-14-39-15-9-20/h2,5-7,16,19-21H,3-4,8-15,17H2,1H3,(H,31,38)(H,33,34,37)/t19-,21+/m1/s1. The second-order valence-electron chi connectivity index (χ2n) is 11.0. The fourth-order valence-electron chi connectivity index (χ4n) is 6.22. The number of rotatable bonds is 5. The second kappa shape index (κ2) is 11.0. The zero-order valence-corrected chi connectivity index (χ0v) is 22.3. The van der Waals surface area contributed by atoms with E-state index in [1.807, 2.05) is 30.0 Å². The number of benzene rings is 1. The monoisotopic (exact) mass is 534 g/mol. The molecular formula is C29H35FN6O3. The van der Waals surface area contributed by atoms with Gasteiger partial charge in [-0.3, -0.25) is 14.5 Å².